The summed E-state index contributed by atoms with van der Waals surface area (Å²) >= 11 is 3.50. The number of likely N-dealkylation sites (tertiary alicyclic amines) is 2. The largest absolute Gasteiger partial charge is 0.338 e. The Kier molecular flexibility index (Phi) is 7.17. The van der Waals surface area contributed by atoms with Gasteiger partial charge in [-0.25, -0.2) is 0 Å². The summed E-state index contributed by atoms with van der Waals surface area (Å²) in [5, 5.41) is 0. The van der Waals surface area contributed by atoms with Crippen LogP contribution in [0.3, 0.4) is 0 Å². The van der Waals surface area contributed by atoms with Gasteiger partial charge in [-0.05, 0) is 74.1 Å². The van der Waals surface area contributed by atoms with Crippen LogP contribution >= 0.6 is 15.9 Å². The topological polar surface area (TPSA) is 23.6 Å². The predicted octanol–water partition coefficient (Wildman–Crippen LogP) is 6.49. The lowest BCUT2D eigenvalue weighted by Gasteiger charge is -2.38. The number of carbonyl (C=O) groups is 1. The Morgan fingerprint density at radius 3 is 1.91 bits per heavy atom. The highest BCUT2D eigenvalue weighted by molar-refractivity contribution is 9.10. The maximum absolute atomic E-state index is 13.4. The monoisotopic (exact) mass is 516 g/mol. The van der Waals surface area contributed by atoms with E-state index in [-0.39, 0.29) is 5.41 Å². The lowest BCUT2D eigenvalue weighted by molar-refractivity contribution is -0.138. The van der Waals surface area contributed by atoms with Crippen molar-refractivity contribution in [3.63, 3.8) is 0 Å². The minimum absolute atomic E-state index is 0.135. The second-order valence-electron chi connectivity index (χ2n) is 9.89. The van der Waals surface area contributed by atoms with E-state index in [1.165, 1.54) is 16.7 Å². The molecule has 4 heteroatoms. The maximum atomic E-state index is 13.4. The Labute approximate surface area is 211 Å². The Morgan fingerprint density at radius 1 is 0.765 bits per heavy atom. The summed E-state index contributed by atoms with van der Waals surface area (Å²) in [5.74, 6) is 0.786. The minimum Gasteiger partial charge on any atom is -0.338 e. The number of nitrogens with zero attached hydrogens (tertiary/aromatic N) is 2. The molecule has 2 heterocycles. The van der Waals surface area contributed by atoms with Crippen LogP contribution in [0.4, 0.5) is 0 Å². The SMILES string of the molecule is O=C1N(Cc2ccc(Br)cc2)CCC12CCN(CCC(c1ccccc1)c1ccccc1)CC2. The van der Waals surface area contributed by atoms with Crippen molar-refractivity contribution in [2.75, 3.05) is 26.2 Å². The zero-order valence-electron chi connectivity index (χ0n) is 19.7. The Bertz CT molecular complexity index is 1040. The Balaban J connectivity index is 1.18. The number of halogens is 1. The number of rotatable bonds is 7. The third kappa shape index (κ3) is 5.13. The first-order chi connectivity index (χ1) is 16.6. The average molecular weight is 518 g/mol. The van der Waals surface area contributed by atoms with Crippen molar-refractivity contribution in [2.24, 2.45) is 5.41 Å². The number of benzene rings is 3. The van der Waals surface area contributed by atoms with E-state index in [0.29, 0.717) is 11.8 Å². The van der Waals surface area contributed by atoms with Crippen LogP contribution in [-0.2, 0) is 11.3 Å². The second-order valence-corrected chi connectivity index (χ2v) is 10.8. The highest BCUT2D eigenvalue weighted by atomic mass is 79.9. The third-order valence-corrected chi connectivity index (χ3v) is 8.37. The Hall–Kier alpha value is -2.43. The van der Waals surface area contributed by atoms with Crippen LogP contribution in [0.1, 0.15) is 48.3 Å². The number of carbonyl (C=O) groups excluding carboxylic acids is 1. The van der Waals surface area contributed by atoms with Gasteiger partial charge in [0.15, 0.2) is 0 Å². The molecule has 3 nitrogen and oxygen atoms in total. The van der Waals surface area contributed by atoms with Gasteiger partial charge in [-0.2, -0.15) is 0 Å². The van der Waals surface area contributed by atoms with Gasteiger partial charge in [-0.15, -0.1) is 0 Å². The second kappa shape index (κ2) is 10.5. The van der Waals surface area contributed by atoms with Gasteiger partial charge in [0, 0.05) is 23.5 Å². The molecule has 2 fully saturated rings. The fraction of sp³-hybridized carbons (Fsp3) is 0.367. The van der Waals surface area contributed by atoms with Gasteiger partial charge in [0.25, 0.3) is 0 Å². The quantitative estimate of drug-likeness (QED) is 0.358. The summed E-state index contributed by atoms with van der Waals surface area (Å²) < 4.78 is 1.08. The Morgan fingerprint density at radius 2 is 1.32 bits per heavy atom. The van der Waals surface area contributed by atoms with E-state index in [1.54, 1.807) is 0 Å². The molecule has 176 valence electrons. The van der Waals surface area contributed by atoms with Crippen molar-refractivity contribution in [3.8, 4) is 0 Å². The molecule has 0 N–H and O–H groups in total. The maximum Gasteiger partial charge on any atom is 0.229 e. The van der Waals surface area contributed by atoms with E-state index >= 15 is 0 Å². The summed E-state index contributed by atoms with van der Waals surface area (Å²) in [5.41, 5.74) is 3.84. The van der Waals surface area contributed by atoms with Crippen molar-refractivity contribution >= 4 is 21.8 Å². The van der Waals surface area contributed by atoms with Gasteiger partial charge in [0.2, 0.25) is 5.91 Å². The van der Waals surface area contributed by atoms with E-state index in [1.807, 2.05) is 0 Å². The predicted molar refractivity (Wildman–Crippen MR) is 142 cm³/mol. The fourth-order valence-electron chi connectivity index (χ4n) is 5.73. The van der Waals surface area contributed by atoms with Crippen molar-refractivity contribution in [2.45, 2.75) is 38.1 Å². The molecule has 1 amide bonds. The van der Waals surface area contributed by atoms with E-state index in [2.05, 4.69) is 111 Å². The van der Waals surface area contributed by atoms with Crippen LogP contribution in [0.2, 0.25) is 0 Å². The highest BCUT2D eigenvalue weighted by Crippen LogP contribution is 2.42. The standard InChI is InChI=1S/C30H33BrN2O/c31-27-13-11-24(12-14-27)23-33-22-18-30(29(33)34)16-20-32(21-17-30)19-15-28(25-7-3-1-4-8-25)26-9-5-2-6-10-26/h1-14,28H,15-23H2. The zero-order chi connectivity index (χ0) is 23.4. The van der Waals surface area contributed by atoms with Crippen LogP contribution in [-0.4, -0.2) is 41.9 Å². The summed E-state index contributed by atoms with van der Waals surface area (Å²) in [4.78, 5) is 18.1. The molecule has 0 unspecified atom stereocenters. The van der Waals surface area contributed by atoms with E-state index in [0.717, 1.165) is 62.9 Å². The van der Waals surface area contributed by atoms with Gasteiger partial charge in [0.05, 0.1) is 5.41 Å². The van der Waals surface area contributed by atoms with Crippen LogP contribution in [0, 0.1) is 5.41 Å². The number of hydrogen-bond donors (Lipinski definition) is 0. The molecule has 0 aliphatic carbocycles. The molecule has 5 rings (SSSR count). The van der Waals surface area contributed by atoms with E-state index in [9.17, 15) is 4.79 Å². The molecule has 0 saturated carbocycles. The van der Waals surface area contributed by atoms with Crippen LogP contribution < -0.4 is 0 Å². The molecule has 3 aromatic rings. The molecule has 3 aromatic carbocycles. The summed E-state index contributed by atoms with van der Waals surface area (Å²) in [6, 6.07) is 30.1. The first kappa shape index (κ1) is 23.3. The van der Waals surface area contributed by atoms with Gasteiger partial charge in [0.1, 0.15) is 0 Å². The number of piperidine rings is 1. The molecule has 2 saturated heterocycles. The van der Waals surface area contributed by atoms with Crippen molar-refractivity contribution in [1.29, 1.82) is 0 Å². The molecule has 2 aliphatic rings. The summed E-state index contributed by atoms with van der Waals surface area (Å²) in [6.07, 6.45) is 4.09. The molecular weight excluding hydrogens is 484 g/mol. The van der Waals surface area contributed by atoms with Crippen LogP contribution in [0.5, 0.6) is 0 Å². The van der Waals surface area contributed by atoms with Crippen molar-refractivity contribution < 1.29 is 4.79 Å². The molecular formula is C30H33BrN2O. The summed E-state index contributed by atoms with van der Waals surface area (Å²) in [6.45, 7) is 4.73. The smallest absolute Gasteiger partial charge is 0.229 e. The third-order valence-electron chi connectivity index (χ3n) is 7.84. The molecule has 0 bridgehead atoms. The zero-order valence-corrected chi connectivity index (χ0v) is 21.3. The first-order valence-electron chi connectivity index (χ1n) is 12.5. The number of hydrogen-bond acceptors (Lipinski definition) is 2. The molecule has 0 radical (unpaired) electrons. The lowest BCUT2D eigenvalue weighted by atomic mass is 9.77. The average Bonchev–Trinajstić information content (AvgIpc) is 3.18. The van der Waals surface area contributed by atoms with Gasteiger partial charge >= 0.3 is 0 Å². The molecule has 2 aliphatic heterocycles. The molecule has 0 atom stereocenters. The van der Waals surface area contributed by atoms with Gasteiger partial charge in [-0.1, -0.05) is 88.7 Å². The molecule has 34 heavy (non-hydrogen) atoms. The molecule has 0 aromatic heterocycles. The van der Waals surface area contributed by atoms with Crippen LogP contribution in [0.25, 0.3) is 0 Å². The van der Waals surface area contributed by atoms with Gasteiger partial charge in [-0.3, -0.25) is 4.79 Å². The van der Waals surface area contributed by atoms with Crippen molar-refractivity contribution in [3.05, 3.63) is 106 Å². The molecule has 1 spiro atoms. The lowest BCUT2D eigenvalue weighted by Crippen LogP contribution is -2.45. The minimum atomic E-state index is -0.135. The van der Waals surface area contributed by atoms with Gasteiger partial charge < -0.3 is 9.80 Å². The van der Waals surface area contributed by atoms with E-state index in [4.69, 9.17) is 0 Å². The van der Waals surface area contributed by atoms with Crippen molar-refractivity contribution in [1.82, 2.24) is 9.80 Å². The van der Waals surface area contributed by atoms with E-state index < -0.39 is 0 Å². The summed E-state index contributed by atoms with van der Waals surface area (Å²) in [7, 11) is 0. The van der Waals surface area contributed by atoms with Crippen LogP contribution in [0.15, 0.2) is 89.4 Å². The first-order valence-corrected chi connectivity index (χ1v) is 13.3. The number of amides is 1. The fourth-order valence-corrected chi connectivity index (χ4v) is 5.99. The normalized spacial score (nSPS) is 18.2. The highest BCUT2D eigenvalue weighted by Gasteiger charge is 2.47.